The van der Waals surface area contributed by atoms with Crippen molar-refractivity contribution in [1.29, 1.82) is 0 Å². The van der Waals surface area contributed by atoms with Gasteiger partial charge >= 0.3 is 0 Å². The van der Waals surface area contributed by atoms with Gasteiger partial charge in [0.05, 0.1) is 6.54 Å². The molecule has 64 valence electrons. The summed E-state index contributed by atoms with van der Waals surface area (Å²) in [6, 6.07) is 1.40. The van der Waals surface area contributed by atoms with E-state index in [-0.39, 0.29) is 12.2 Å². The Kier molecular flexibility index (Phi) is 2.54. The SMILES string of the molecule is NCC(=O)Nc1ccn[nH]c1=O. The summed E-state index contributed by atoms with van der Waals surface area (Å²) in [5.74, 6) is -0.410. The molecular weight excluding hydrogens is 160 g/mol. The smallest absolute Gasteiger partial charge is 0.287 e. The van der Waals surface area contributed by atoms with Crippen molar-refractivity contribution in [2.24, 2.45) is 5.73 Å². The normalized spacial score (nSPS) is 9.42. The lowest BCUT2D eigenvalue weighted by atomic mass is 10.4. The van der Waals surface area contributed by atoms with E-state index >= 15 is 0 Å². The van der Waals surface area contributed by atoms with Gasteiger partial charge in [0.2, 0.25) is 5.91 Å². The molecule has 4 N–H and O–H groups in total. The standard InChI is InChI=1S/C6H8N4O2/c7-3-5(11)9-4-1-2-8-10-6(4)12/h1-2H,3,7H2,(H,10,12)(H,8,9,11). The maximum atomic E-state index is 10.9. The van der Waals surface area contributed by atoms with Gasteiger partial charge in [0, 0.05) is 6.20 Å². The first-order valence-electron chi connectivity index (χ1n) is 3.27. The fourth-order valence-corrected chi connectivity index (χ4v) is 0.643. The molecule has 0 saturated carbocycles. The minimum Gasteiger partial charge on any atom is -0.322 e. The molecule has 0 spiro atoms. The van der Waals surface area contributed by atoms with Crippen molar-refractivity contribution in [2.45, 2.75) is 0 Å². The molecule has 0 bridgehead atoms. The predicted molar refractivity (Wildman–Crippen MR) is 42.5 cm³/mol. The van der Waals surface area contributed by atoms with Crippen molar-refractivity contribution in [3.8, 4) is 0 Å². The van der Waals surface area contributed by atoms with Crippen LogP contribution in [0.5, 0.6) is 0 Å². The van der Waals surface area contributed by atoms with E-state index < -0.39 is 11.5 Å². The van der Waals surface area contributed by atoms with Crippen molar-refractivity contribution in [2.75, 3.05) is 11.9 Å². The van der Waals surface area contributed by atoms with Crippen molar-refractivity contribution in [1.82, 2.24) is 10.2 Å². The lowest BCUT2D eigenvalue weighted by Gasteiger charge is -1.99. The van der Waals surface area contributed by atoms with Gasteiger partial charge in [-0.25, -0.2) is 5.10 Å². The Labute approximate surface area is 67.8 Å². The van der Waals surface area contributed by atoms with E-state index in [1.807, 2.05) is 0 Å². The van der Waals surface area contributed by atoms with Gasteiger partial charge in [0.25, 0.3) is 5.56 Å². The molecule has 0 radical (unpaired) electrons. The molecule has 0 unspecified atom stereocenters. The van der Waals surface area contributed by atoms with Crippen molar-refractivity contribution in [3.63, 3.8) is 0 Å². The Hall–Kier alpha value is -1.69. The highest BCUT2D eigenvalue weighted by molar-refractivity contribution is 5.91. The first kappa shape index (κ1) is 8.41. The zero-order chi connectivity index (χ0) is 8.97. The molecular formula is C6H8N4O2. The molecule has 1 aromatic rings. The molecule has 0 aliphatic heterocycles. The van der Waals surface area contributed by atoms with Crippen LogP contribution in [0.1, 0.15) is 0 Å². The lowest BCUT2D eigenvalue weighted by molar-refractivity contribution is -0.114. The van der Waals surface area contributed by atoms with Gasteiger partial charge < -0.3 is 11.1 Å². The molecule has 0 fully saturated rings. The van der Waals surface area contributed by atoms with E-state index in [9.17, 15) is 9.59 Å². The molecule has 0 aromatic carbocycles. The minimum atomic E-state index is -0.445. The van der Waals surface area contributed by atoms with Crippen LogP contribution < -0.4 is 16.6 Å². The van der Waals surface area contributed by atoms with Crippen LogP contribution in [0.25, 0.3) is 0 Å². The number of anilines is 1. The molecule has 0 atom stereocenters. The monoisotopic (exact) mass is 168 g/mol. The Morgan fingerprint density at radius 1 is 1.75 bits per heavy atom. The Balaban J connectivity index is 2.83. The third kappa shape index (κ3) is 1.89. The number of hydrogen-bond donors (Lipinski definition) is 3. The molecule has 0 saturated heterocycles. The highest BCUT2D eigenvalue weighted by Crippen LogP contribution is 1.92. The van der Waals surface area contributed by atoms with Crippen molar-refractivity contribution < 1.29 is 4.79 Å². The first-order chi connectivity index (χ1) is 5.74. The first-order valence-corrected chi connectivity index (χ1v) is 3.27. The van der Waals surface area contributed by atoms with Gasteiger partial charge in [0.1, 0.15) is 5.69 Å². The van der Waals surface area contributed by atoms with Crippen LogP contribution in [0.4, 0.5) is 5.69 Å². The quantitative estimate of drug-likeness (QED) is 0.509. The van der Waals surface area contributed by atoms with E-state index in [1.165, 1.54) is 12.3 Å². The summed E-state index contributed by atoms with van der Waals surface area (Å²) >= 11 is 0. The molecule has 1 amide bonds. The van der Waals surface area contributed by atoms with Gasteiger partial charge in [-0.05, 0) is 6.07 Å². The molecule has 12 heavy (non-hydrogen) atoms. The summed E-state index contributed by atoms with van der Waals surface area (Å²) in [7, 11) is 0. The Morgan fingerprint density at radius 3 is 3.08 bits per heavy atom. The average Bonchev–Trinajstić information content (AvgIpc) is 2.09. The fraction of sp³-hybridized carbons (Fsp3) is 0.167. The summed E-state index contributed by atoms with van der Waals surface area (Å²) in [5, 5.41) is 7.94. The third-order valence-corrected chi connectivity index (χ3v) is 1.19. The van der Waals surface area contributed by atoms with Crippen molar-refractivity contribution in [3.05, 3.63) is 22.6 Å². The number of nitrogens with one attached hydrogen (secondary N) is 2. The van der Waals surface area contributed by atoms with Crippen LogP contribution in [0.15, 0.2) is 17.1 Å². The lowest BCUT2D eigenvalue weighted by Crippen LogP contribution is -2.25. The van der Waals surface area contributed by atoms with E-state index in [4.69, 9.17) is 5.73 Å². The highest BCUT2D eigenvalue weighted by Gasteiger charge is 2.01. The highest BCUT2D eigenvalue weighted by atomic mass is 16.2. The molecule has 1 rings (SSSR count). The van der Waals surface area contributed by atoms with Crippen LogP contribution in [0, 0.1) is 0 Å². The number of aromatic nitrogens is 2. The van der Waals surface area contributed by atoms with Gasteiger partial charge in [-0.15, -0.1) is 0 Å². The maximum absolute atomic E-state index is 10.9. The van der Waals surface area contributed by atoms with Gasteiger partial charge in [-0.1, -0.05) is 0 Å². The molecule has 1 aromatic heterocycles. The van der Waals surface area contributed by atoms with E-state index in [1.54, 1.807) is 0 Å². The summed E-state index contributed by atoms with van der Waals surface area (Å²) in [6.07, 6.45) is 1.37. The number of H-pyrrole nitrogens is 1. The number of carbonyl (C=O) groups is 1. The number of amides is 1. The third-order valence-electron chi connectivity index (χ3n) is 1.19. The summed E-state index contributed by atoms with van der Waals surface area (Å²) in [5.41, 5.74) is 4.74. The van der Waals surface area contributed by atoms with Crippen LogP contribution >= 0.6 is 0 Å². The average molecular weight is 168 g/mol. The Morgan fingerprint density at radius 2 is 2.50 bits per heavy atom. The second kappa shape index (κ2) is 3.63. The topological polar surface area (TPSA) is 101 Å². The van der Waals surface area contributed by atoms with E-state index in [0.717, 1.165) is 0 Å². The number of hydrogen-bond acceptors (Lipinski definition) is 4. The van der Waals surface area contributed by atoms with Gasteiger partial charge in [-0.3, -0.25) is 9.59 Å². The summed E-state index contributed by atoms with van der Waals surface area (Å²) < 4.78 is 0. The van der Waals surface area contributed by atoms with Gasteiger partial charge in [0.15, 0.2) is 0 Å². The van der Waals surface area contributed by atoms with Crippen LogP contribution in [-0.4, -0.2) is 22.6 Å². The van der Waals surface area contributed by atoms with Crippen LogP contribution in [-0.2, 0) is 4.79 Å². The molecule has 1 heterocycles. The van der Waals surface area contributed by atoms with Crippen LogP contribution in [0.3, 0.4) is 0 Å². The second-order valence-electron chi connectivity index (χ2n) is 2.05. The zero-order valence-electron chi connectivity index (χ0n) is 6.20. The summed E-state index contributed by atoms with van der Waals surface area (Å²) in [6.45, 7) is -0.151. The van der Waals surface area contributed by atoms with Crippen LogP contribution in [0.2, 0.25) is 0 Å². The molecule has 0 aliphatic carbocycles. The fourth-order valence-electron chi connectivity index (χ4n) is 0.643. The molecule has 6 heteroatoms. The number of carbonyl (C=O) groups excluding carboxylic acids is 1. The minimum absolute atomic E-state index is 0.151. The number of rotatable bonds is 2. The van der Waals surface area contributed by atoms with Crippen molar-refractivity contribution >= 4 is 11.6 Å². The zero-order valence-corrected chi connectivity index (χ0v) is 6.20. The largest absolute Gasteiger partial charge is 0.322 e. The molecule has 6 nitrogen and oxygen atoms in total. The number of nitrogens with two attached hydrogens (primary N) is 1. The number of nitrogens with zero attached hydrogens (tertiary/aromatic N) is 1. The van der Waals surface area contributed by atoms with Gasteiger partial charge in [-0.2, -0.15) is 5.10 Å². The molecule has 0 aliphatic rings. The predicted octanol–water partition coefficient (Wildman–Crippen LogP) is -1.33. The number of aromatic amines is 1. The second-order valence-corrected chi connectivity index (χ2v) is 2.05. The maximum Gasteiger partial charge on any atom is 0.287 e. The van der Waals surface area contributed by atoms with E-state index in [2.05, 4.69) is 15.5 Å². The summed E-state index contributed by atoms with van der Waals surface area (Å²) in [4.78, 5) is 21.6. The van der Waals surface area contributed by atoms with E-state index in [0.29, 0.717) is 0 Å². The Bertz CT molecular complexity index is 332.